The highest BCUT2D eigenvalue weighted by atomic mass is 19.1. The van der Waals surface area contributed by atoms with Gasteiger partial charge in [-0.25, -0.2) is 4.39 Å². The van der Waals surface area contributed by atoms with Gasteiger partial charge in [0, 0.05) is 23.1 Å². The molecule has 2 aromatic rings. The van der Waals surface area contributed by atoms with Crippen molar-refractivity contribution < 1.29 is 9.50 Å². The topological polar surface area (TPSA) is 51.2 Å². The van der Waals surface area contributed by atoms with Gasteiger partial charge in [0.2, 0.25) is 0 Å². The molecule has 0 aliphatic heterocycles. The minimum Gasteiger partial charge on any atom is -0.508 e. The van der Waals surface area contributed by atoms with E-state index in [1.54, 1.807) is 18.2 Å². The number of hydrogen-bond acceptors (Lipinski definition) is 2. The first kappa shape index (κ1) is 11.7. The lowest BCUT2D eigenvalue weighted by Crippen LogP contribution is -2.02. The maximum absolute atomic E-state index is 13.5. The number of phenols is 1. The minimum atomic E-state index is -0.249. The lowest BCUT2D eigenvalue weighted by molar-refractivity contribution is 0.476. The third-order valence-electron chi connectivity index (χ3n) is 2.74. The largest absolute Gasteiger partial charge is 0.508 e. The summed E-state index contributed by atoms with van der Waals surface area (Å²) in [6, 6.07) is 6.98. The van der Waals surface area contributed by atoms with Gasteiger partial charge in [-0.15, -0.1) is 0 Å². The average Bonchev–Trinajstić information content (AvgIpc) is 2.55. The smallest absolute Gasteiger partial charge is 0.117 e. The molecule has 1 aromatic carbocycles. The summed E-state index contributed by atoms with van der Waals surface area (Å²) in [5.41, 5.74) is 7.12. The molecule has 3 nitrogen and oxygen atoms in total. The molecule has 0 atom stereocenters. The van der Waals surface area contributed by atoms with E-state index in [2.05, 4.69) is 0 Å². The maximum atomic E-state index is 13.5. The van der Waals surface area contributed by atoms with Crippen LogP contribution in [0, 0.1) is 6.92 Å². The summed E-state index contributed by atoms with van der Waals surface area (Å²) < 4.78 is 15.3. The van der Waals surface area contributed by atoms with Crippen molar-refractivity contribution in [1.29, 1.82) is 0 Å². The van der Waals surface area contributed by atoms with Crippen LogP contribution in [-0.2, 0) is 6.54 Å². The predicted octanol–water partition coefficient (Wildman–Crippen LogP) is 2.47. The van der Waals surface area contributed by atoms with Gasteiger partial charge < -0.3 is 15.4 Å². The van der Waals surface area contributed by atoms with Crippen molar-refractivity contribution in [2.45, 2.75) is 13.5 Å². The second-order valence-electron chi connectivity index (χ2n) is 4.00. The van der Waals surface area contributed by atoms with Crippen LogP contribution in [0.5, 0.6) is 5.75 Å². The Bertz CT molecular complexity index is 572. The normalized spacial score (nSPS) is 12.3. The molecule has 0 amide bonds. The molecule has 0 aliphatic carbocycles. The van der Waals surface area contributed by atoms with Gasteiger partial charge in [-0.2, -0.15) is 0 Å². The average molecular weight is 234 g/mol. The fourth-order valence-corrected chi connectivity index (χ4v) is 1.95. The SMILES string of the molecule is Cc1cc2cc(O)ccc2n1CC(F)=CCN. The molecule has 0 spiro atoms. The summed E-state index contributed by atoms with van der Waals surface area (Å²) in [5.74, 6) is -0.0335. The monoisotopic (exact) mass is 234 g/mol. The lowest BCUT2D eigenvalue weighted by atomic mass is 10.2. The molecule has 0 fully saturated rings. The van der Waals surface area contributed by atoms with Gasteiger partial charge in [0.05, 0.1) is 6.54 Å². The van der Waals surface area contributed by atoms with Crippen LogP contribution in [0.25, 0.3) is 10.9 Å². The van der Waals surface area contributed by atoms with Crippen LogP contribution in [0.1, 0.15) is 5.69 Å². The number of halogens is 1. The molecular formula is C13H15FN2O. The number of hydrogen-bond donors (Lipinski definition) is 2. The summed E-state index contributed by atoms with van der Waals surface area (Å²) in [5, 5.41) is 10.3. The van der Waals surface area contributed by atoms with Gasteiger partial charge in [0.25, 0.3) is 0 Å². The highest BCUT2D eigenvalue weighted by molar-refractivity contribution is 5.82. The molecule has 0 saturated heterocycles. The number of aromatic hydroxyl groups is 1. The molecule has 1 aromatic heterocycles. The quantitative estimate of drug-likeness (QED) is 0.857. The third-order valence-corrected chi connectivity index (χ3v) is 2.74. The second-order valence-corrected chi connectivity index (χ2v) is 4.00. The van der Waals surface area contributed by atoms with E-state index in [4.69, 9.17) is 5.73 Å². The lowest BCUT2D eigenvalue weighted by Gasteiger charge is -2.06. The molecule has 0 radical (unpaired) electrons. The minimum absolute atomic E-state index is 0.178. The zero-order valence-corrected chi connectivity index (χ0v) is 9.65. The van der Waals surface area contributed by atoms with Crippen molar-refractivity contribution in [3.63, 3.8) is 0 Å². The van der Waals surface area contributed by atoms with Crippen molar-refractivity contribution in [2.75, 3.05) is 6.54 Å². The number of nitrogens with zero attached hydrogens (tertiary/aromatic N) is 1. The Morgan fingerprint density at radius 3 is 2.94 bits per heavy atom. The van der Waals surface area contributed by atoms with E-state index in [0.29, 0.717) is 0 Å². The molecule has 0 bridgehead atoms. The summed E-state index contributed by atoms with van der Waals surface area (Å²) >= 11 is 0. The fraction of sp³-hybridized carbons (Fsp3) is 0.231. The zero-order valence-electron chi connectivity index (χ0n) is 9.65. The van der Waals surface area contributed by atoms with Crippen molar-refractivity contribution in [3.05, 3.63) is 41.9 Å². The van der Waals surface area contributed by atoms with Crippen LogP contribution in [0.3, 0.4) is 0 Å². The number of allylic oxidation sites excluding steroid dienone is 1. The summed E-state index contributed by atoms with van der Waals surface area (Å²) in [6.07, 6.45) is 1.37. The number of rotatable bonds is 3. The van der Waals surface area contributed by atoms with Gasteiger partial charge in [-0.3, -0.25) is 0 Å². The van der Waals surface area contributed by atoms with Crippen LogP contribution in [0.15, 0.2) is 36.2 Å². The van der Waals surface area contributed by atoms with Crippen molar-refractivity contribution in [2.24, 2.45) is 5.73 Å². The summed E-state index contributed by atoms with van der Waals surface area (Å²) in [6.45, 7) is 2.29. The van der Waals surface area contributed by atoms with E-state index in [-0.39, 0.29) is 24.7 Å². The molecular weight excluding hydrogens is 219 g/mol. The summed E-state index contributed by atoms with van der Waals surface area (Å²) in [7, 11) is 0. The Hall–Kier alpha value is -1.81. The van der Waals surface area contributed by atoms with Crippen LogP contribution >= 0.6 is 0 Å². The van der Waals surface area contributed by atoms with E-state index >= 15 is 0 Å². The second kappa shape index (κ2) is 4.59. The van der Waals surface area contributed by atoms with Gasteiger partial charge >= 0.3 is 0 Å². The van der Waals surface area contributed by atoms with Crippen molar-refractivity contribution in [3.8, 4) is 5.75 Å². The highest BCUT2D eigenvalue weighted by Gasteiger charge is 2.07. The first-order valence-electron chi connectivity index (χ1n) is 5.45. The molecule has 0 unspecified atom stereocenters. The van der Waals surface area contributed by atoms with Gasteiger partial charge in [0.15, 0.2) is 0 Å². The van der Waals surface area contributed by atoms with Gasteiger partial charge in [0.1, 0.15) is 11.6 Å². The van der Waals surface area contributed by atoms with E-state index < -0.39 is 0 Å². The maximum Gasteiger partial charge on any atom is 0.117 e. The number of benzene rings is 1. The predicted molar refractivity (Wildman–Crippen MR) is 66.6 cm³/mol. The fourth-order valence-electron chi connectivity index (χ4n) is 1.95. The van der Waals surface area contributed by atoms with Crippen molar-refractivity contribution >= 4 is 10.9 Å². The van der Waals surface area contributed by atoms with Crippen molar-refractivity contribution in [1.82, 2.24) is 4.57 Å². The Kier molecular flexibility index (Phi) is 3.15. The van der Waals surface area contributed by atoms with Crippen LogP contribution in [0.2, 0.25) is 0 Å². The molecule has 0 saturated carbocycles. The Morgan fingerprint density at radius 1 is 1.47 bits per heavy atom. The Labute approximate surface area is 99.0 Å². The van der Waals surface area contributed by atoms with Gasteiger partial charge in [-0.1, -0.05) is 0 Å². The first-order chi connectivity index (χ1) is 8.11. The molecule has 4 heteroatoms. The standard InChI is InChI=1S/C13H15FN2O/c1-9-6-10-7-12(17)2-3-13(10)16(9)8-11(14)4-5-15/h2-4,6-7,17H,5,8,15H2,1H3. The number of aryl methyl sites for hydroxylation is 1. The van der Waals surface area contributed by atoms with Crippen LogP contribution in [-0.4, -0.2) is 16.2 Å². The van der Waals surface area contributed by atoms with E-state index in [1.165, 1.54) is 6.08 Å². The molecule has 1 heterocycles. The first-order valence-corrected chi connectivity index (χ1v) is 5.45. The number of aromatic nitrogens is 1. The Balaban J connectivity index is 2.46. The number of nitrogens with two attached hydrogens (primary N) is 1. The number of fused-ring (bicyclic) bond motifs is 1. The molecule has 17 heavy (non-hydrogen) atoms. The zero-order chi connectivity index (χ0) is 12.4. The Morgan fingerprint density at radius 2 is 2.24 bits per heavy atom. The van der Waals surface area contributed by atoms with E-state index in [9.17, 15) is 9.50 Å². The highest BCUT2D eigenvalue weighted by Crippen LogP contribution is 2.24. The molecule has 2 rings (SSSR count). The summed E-state index contributed by atoms with van der Waals surface area (Å²) in [4.78, 5) is 0. The van der Waals surface area contributed by atoms with Crippen LogP contribution in [0.4, 0.5) is 4.39 Å². The van der Waals surface area contributed by atoms with Crippen LogP contribution < -0.4 is 5.73 Å². The third kappa shape index (κ3) is 2.31. The number of phenolic OH excluding ortho intramolecular Hbond substituents is 1. The molecule has 3 N–H and O–H groups in total. The van der Waals surface area contributed by atoms with E-state index in [1.807, 2.05) is 17.6 Å². The molecule has 90 valence electrons. The molecule has 0 aliphatic rings. The van der Waals surface area contributed by atoms with E-state index in [0.717, 1.165) is 16.6 Å². The van der Waals surface area contributed by atoms with Gasteiger partial charge in [-0.05, 0) is 37.3 Å².